The van der Waals surface area contributed by atoms with E-state index in [1.807, 2.05) is 4.72 Å². The van der Waals surface area contributed by atoms with Crippen molar-refractivity contribution >= 4 is 31.9 Å². The molecule has 0 bridgehead atoms. The minimum Gasteiger partial charge on any atom is -0.478 e. The van der Waals surface area contributed by atoms with Gasteiger partial charge in [-0.3, -0.25) is 4.72 Å². The number of aromatic nitrogens is 3. The molecule has 0 radical (unpaired) electrons. The Morgan fingerprint density at radius 1 is 1.28 bits per heavy atom. The molecule has 0 aliphatic carbocycles. The van der Waals surface area contributed by atoms with Gasteiger partial charge in [0.1, 0.15) is 12.1 Å². The monoisotopic (exact) mass is 393 g/mol. The highest BCUT2D eigenvalue weighted by Crippen LogP contribution is 2.20. The van der Waals surface area contributed by atoms with Crippen molar-refractivity contribution in [2.45, 2.75) is 5.16 Å². The van der Waals surface area contributed by atoms with Crippen molar-refractivity contribution in [2.75, 3.05) is 18.8 Å². The Morgan fingerprint density at radius 3 is 2.48 bits per heavy atom. The summed E-state index contributed by atoms with van der Waals surface area (Å²) in [7, 11) is -6.24. The lowest BCUT2D eigenvalue weighted by Crippen LogP contribution is -2.29. The summed E-state index contributed by atoms with van der Waals surface area (Å²) in [6, 6.07) is 2.38. The zero-order valence-corrected chi connectivity index (χ0v) is 14.4. The number of nitrogens with one attached hydrogen (secondary N) is 1. The van der Waals surface area contributed by atoms with E-state index in [1.165, 1.54) is 14.1 Å². The number of carbonyl (C=O) groups is 1. The van der Waals surface area contributed by atoms with Gasteiger partial charge in [-0.1, -0.05) is 0 Å². The predicted octanol–water partition coefficient (Wildman–Crippen LogP) is -0.429. The summed E-state index contributed by atoms with van der Waals surface area (Å²) in [6.45, 7) is 0. The average Bonchev–Trinajstić information content (AvgIpc) is 2.97. The number of carboxylic acid groups (broad SMARTS) is 1. The molecule has 2 aromatic rings. The highest BCUT2D eigenvalue weighted by molar-refractivity contribution is 7.92. The first-order valence-corrected chi connectivity index (χ1v) is 9.23. The minimum absolute atomic E-state index is 0.325. The number of aromatic carboxylic acids is 1. The Kier molecular flexibility index (Phi) is 4.79. The summed E-state index contributed by atoms with van der Waals surface area (Å²) in [6.07, 6.45) is 0.660. The largest absolute Gasteiger partial charge is 0.478 e. The van der Waals surface area contributed by atoms with Gasteiger partial charge in [0.05, 0.1) is 11.3 Å². The van der Waals surface area contributed by atoms with Crippen molar-refractivity contribution in [3.05, 3.63) is 35.9 Å². The molecule has 14 heteroatoms. The van der Waals surface area contributed by atoms with E-state index in [4.69, 9.17) is 5.11 Å². The van der Waals surface area contributed by atoms with Crippen LogP contribution in [0, 0.1) is 5.82 Å². The van der Waals surface area contributed by atoms with Crippen LogP contribution in [-0.2, 0) is 20.2 Å². The van der Waals surface area contributed by atoms with Crippen LogP contribution in [0.4, 0.5) is 10.1 Å². The Hall–Kier alpha value is -2.58. The van der Waals surface area contributed by atoms with Crippen LogP contribution >= 0.6 is 0 Å². The Bertz CT molecular complexity index is 1030. The molecule has 136 valence electrons. The third kappa shape index (κ3) is 3.75. The normalized spacial score (nSPS) is 12.3. The van der Waals surface area contributed by atoms with E-state index in [0.29, 0.717) is 16.5 Å². The number of carboxylic acids is 1. The number of halogens is 1. The van der Waals surface area contributed by atoms with Gasteiger partial charge in [0, 0.05) is 14.1 Å². The molecule has 1 aromatic carbocycles. The summed E-state index contributed by atoms with van der Waals surface area (Å²) in [5, 5.41) is 11.4. The number of hydrogen-bond acceptors (Lipinski definition) is 7. The Balaban J connectivity index is 2.44. The highest BCUT2D eigenvalue weighted by Gasteiger charge is 2.26. The van der Waals surface area contributed by atoms with E-state index in [9.17, 15) is 26.0 Å². The van der Waals surface area contributed by atoms with Crippen LogP contribution in [0.15, 0.2) is 29.7 Å². The van der Waals surface area contributed by atoms with Crippen LogP contribution in [0.5, 0.6) is 0 Å². The van der Waals surface area contributed by atoms with Crippen LogP contribution in [0.2, 0.25) is 0 Å². The van der Waals surface area contributed by atoms with Crippen LogP contribution in [0.1, 0.15) is 10.4 Å². The summed E-state index contributed by atoms with van der Waals surface area (Å²) in [4.78, 5) is 14.5. The molecule has 0 amide bonds. The lowest BCUT2D eigenvalue weighted by Gasteiger charge is -2.10. The smallest absolute Gasteiger partial charge is 0.337 e. The second kappa shape index (κ2) is 6.38. The van der Waals surface area contributed by atoms with Crippen molar-refractivity contribution in [2.24, 2.45) is 0 Å². The van der Waals surface area contributed by atoms with Gasteiger partial charge < -0.3 is 5.11 Å². The molecule has 25 heavy (non-hydrogen) atoms. The molecule has 0 fully saturated rings. The summed E-state index contributed by atoms with van der Waals surface area (Å²) < 4.78 is 64.4. The van der Waals surface area contributed by atoms with Crippen molar-refractivity contribution in [3.63, 3.8) is 0 Å². The van der Waals surface area contributed by atoms with Crippen molar-refractivity contribution in [1.29, 1.82) is 0 Å². The number of nitrogens with zero attached hydrogens (tertiary/aromatic N) is 4. The van der Waals surface area contributed by atoms with E-state index in [1.54, 1.807) is 0 Å². The molecular formula is C11H12FN5O6S2. The molecule has 0 atom stereocenters. The van der Waals surface area contributed by atoms with E-state index >= 15 is 0 Å². The third-order valence-corrected chi connectivity index (χ3v) is 5.57. The molecule has 11 nitrogen and oxygen atoms in total. The van der Waals surface area contributed by atoms with Gasteiger partial charge in [-0.05, 0) is 18.2 Å². The zero-order chi connectivity index (χ0) is 19.0. The number of sulfonamides is 1. The lowest BCUT2D eigenvalue weighted by molar-refractivity contribution is 0.0698. The van der Waals surface area contributed by atoms with Gasteiger partial charge in [-0.2, -0.15) is 21.1 Å². The van der Waals surface area contributed by atoms with Crippen LogP contribution in [0.25, 0.3) is 0 Å². The second-order valence-electron chi connectivity index (χ2n) is 4.79. The van der Waals surface area contributed by atoms with E-state index in [0.717, 1.165) is 16.4 Å². The maximum atomic E-state index is 13.3. The summed E-state index contributed by atoms with van der Waals surface area (Å²) in [5.41, 5.74) is -1.07. The fourth-order valence-corrected chi connectivity index (χ4v) is 3.28. The van der Waals surface area contributed by atoms with Gasteiger partial charge in [-0.15, -0.1) is 9.19 Å². The number of hydrogen-bond donors (Lipinski definition) is 2. The molecule has 0 saturated heterocycles. The van der Waals surface area contributed by atoms with Gasteiger partial charge >= 0.3 is 16.2 Å². The third-order valence-electron chi connectivity index (χ3n) is 2.85. The first kappa shape index (κ1) is 18.8. The van der Waals surface area contributed by atoms with Crippen LogP contribution in [0.3, 0.4) is 0 Å². The standard InChI is InChI=1S/C11H12FN5O6S2/c1-16(2)25(22,23)17-6-13-11(14-17)24(20,21)15-9-5-7(12)3-4-8(9)10(18)19/h3-6,15H,1-2H3,(H,18,19). The molecule has 0 aliphatic heterocycles. The predicted molar refractivity (Wildman–Crippen MR) is 82.2 cm³/mol. The average molecular weight is 393 g/mol. The second-order valence-corrected chi connectivity index (χ2v) is 8.37. The van der Waals surface area contributed by atoms with Gasteiger partial charge in [0.25, 0.3) is 15.2 Å². The van der Waals surface area contributed by atoms with Crippen molar-refractivity contribution in [1.82, 2.24) is 18.5 Å². The fourth-order valence-electron chi connectivity index (χ4n) is 1.61. The molecular weight excluding hydrogens is 381 g/mol. The van der Waals surface area contributed by atoms with Crippen molar-refractivity contribution < 1.29 is 31.1 Å². The molecule has 0 saturated carbocycles. The molecule has 0 unspecified atom stereocenters. The molecule has 0 spiro atoms. The Morgan fingerprint density at radius 2 is 1.92 bits per heavy atom. The Labute approximate surface area is 141 Å². The van der Waals surface area contributed by atoms with Crippen molar-refractivity contribution in [3.8, 4) is 0 Å². The van der Waals surface area contributed by atoms with E-state index in [2.05, 4.69) is 10.1 Å². The zero-order valence-electron chi connectivity index (χ0n) is 12.8. The molecule has 0 aliphatic rings. The first-order chi connectivity index (χ1) is 11.4. The first-order valence-electron chi connectivity index (χ1n) is 6.35. The maximum Gasteiger partial charge on any atom is 0.337 e. The topological polar surface area (TPSA) is 152 Å². The molecule has 1 heterocycles. The van der Waals surface area contributed by atoms with Crippen LogP contribution in [-0.4, -0.2) is 60.5 Å². The SMILES string of the molecule is CN(C)S(=O)(=O)n1cnc(S(=O)(=O)Nc2cc(F)ccc2C(=O)O)n1. The van der Waals surface area contributed by atoms with Crippen LogP contribution < -0.4 is 4.72 Å². The fraction of sp³-hybridized carbons (Fsp3) is 0.182. The van der Waals surface area contributed by atoms with Gasteiger partial charge in [0.15, 0.2) is 0 Å². The summed E-state index contributed by atoms with van der Waals surface area (Å²) >= 11 is 0. The molecule has 2 N–H and O–H groups in total. The lowest BCUT2D eigenvalue weighted by atomic mass is 10.2. The number of benzene rings is 1. The van der Waals surface area contributed by atoms with Gasteiger partial charge in [-0.25, -0.2) is 14.2 Å². The quantitative estimate of drug-likeness (QED) is 0.671. The highest BCUT2D eigenvalue weighted by atomic mass is 32.2. The maximum absolute atomic E-state index is 13.3. The number of rotatable bonds is 6. The molecule has 1 aromatic heterocycles. The van der Waals surface area contributed by atoms with E-state index < -0.39 is 48.4 Å². The molecule has 2 rings (SSSR count). The van der Waals surface area contributed by atoms with E-state index in [-0.39, 0.29) is 0 Å². The minimum atomic E-state index is -4.56. The number of anilines is 1. The summed E-state index contributed by atoms with van der Waals surface area (Å²) in [5.74, 6) is -2.37. The van der Waals surface area contributed by atoms with Gasteiger partial charge in [0.2, 0.25) is 0 Å².